The number of nitrogens with one attached hydrogen (secondary N) is 1. The van der Waals surface area contributed by atoms with Crippen molar-refractivity contribution in [3.63, 3.8) is 0 Å². The predicted octanol–water partition coefficient (Wildman–Crippen LogP) is 7.65. The number of fused-ring (bicyclic) bond motifs is 1. The van der Waals surface area contributed by atoms with Crippen LogP contribution in [0.25, 0.3) is 10.9 Å². The van der Waals surface area contributed by atoms with Crippen molar-refractivity contribution in [3.05, 3.63) is 125 Å². The maximum atomic E-state index is 13.5. The van der Waals surface area contributed by atoms with E-state index >= 15 is 0 Å². The molecule has 1 atom stereocenters. The minimum Gasteiger partial charge on any atom is -0.490 e. The van der Waals surface area contributed by atoms with Crippen molar-refractivity contribution >= 4 is 48.2 Å². The summed E-state index contributed by atoms with van der Waals surface area (Å²) < 4.78 is 57.0. The molecule has 0 aliphatic carbocycles. The summed E-state index contributed by atoms with van der Waals surface area (Å²) >= 11 is 3.58. The van der Waals surface area contributed by atoms with Crippen LogP contribution in [0.5, 0.6) is 5.75 Å². The zero-order chi connectivity index (χ0) is 32.7. The second kappa shape index (κ2) is 14.6. The Balaban J connectivity index is 1.10. The van der Waals surface area contributed by atoms with Crippen LogP contribution in [-0.4, -0.2) is 42.3 Å². The number of aromatic nitrogens is 3. The highest BCUT2D eigenvalue weighted by Crippen LogP contribution is 2.41. The molecule has 0 saturated heterocycles. The first-order valence-electron chi connectivity index (χ1n) is 15.0. The molecular weight excluding hydrogens is 687 g/mol. The van der Waals surface area contributed by atoms with Gasteiger partial charge in [-0.05, 0) is 101 Å². The molecule has 47 heavy (non-hydrogen) atoms. The molecule has 0 bridgehead atoms. The van der Waals surface area contributed by atoms with Crippen LogP contribution in [0.2, 0.25) is 0 Å². The normalized spacial score (nSPS) is 15.9. The van der Waals surface area contributed by atoms with E-state index in [0.29, 0.717) is 37.4 Å². The molecule has 1 N–H and O–H groups in total. The van der Waals surface area contributed by atoms with Gasteiger partial charge in [0.05, 0.1) is 28.6 Å². The van der Waals surface area contributed by atoms with Crippen molar-refractivity contribution in [1.82, 2.24) is 15.0 Å². The van der Waals surface area contributed by atoms with Gasteiger partial charge in [0.1, 0.15) is 35.9 Å². The lowest BCUT2D eigenvalue weighted by molar-refractivity contribution is 0.0210. The van der Waals surface area contributed by atoms with Crippen molar-refractivity contribution in [2.24, 2.45) is 0 Å². The Morgan fingerprint density at radius 1 is 0.979 bits per heavy atom. The summed E-state index contributed by atoms with van der Waals surface area (Å²) in [5, 5.41) is 4.29. The number of hydrogen-bond acceptors (Lipinski definition) is 9. The molecule has 0 spiro atoms. The Hall–Kier alpha value is -4.39. The molecule has 5 aromatic rings. The highest BCUT2D eigenvalue weighted by Gasteiger charge is 2.35. The van der Waals surface area contributed by atoms with Crippen molar-refractivity contribution in [2.75, 3.05) is 24.3 Å². The van der Waals surface area contributed by atoms with Crippen LogP contribution in [0.4, 0.5) is 15.9 Å². The third kappa shape index (κ3) is 7.95. The maximum absolute atomic E-state index is 13.5. The highest BCUT2D eigenvalue weighted by atomic mass is 79.9. The van der Waals surface area contributed by atoms with Crippen LogP contribution >= 0.6 is 15.9 Å². The Morgan fingerprint density at radius 3 is 2.68 bits per heavy atom. The number of halogens is 2. The Kier molecular flexibility index (Phi) is 10.1. The van der Waals surface area contributed by atoms with E-state index in [9.17, 15) is 12.8 Å². The molecule has 1 unspecified atom stereocenters. The first-order valence-corrected chi connectivity index (χ1v) is 17.5. The van der Waals surface area contributed by atoms with E-state index in [1.54, 1.807) is 24.5 Å². The Labute approximate surface area is 280 Å². The summed E-state index contributed by atoms with van der Waals surface area (Å²) in [5.41, 5.74) is 2.69. The monoisotopic (exact) mass is 718 g/mol. The van der Waals surface area contributed by atoms with Gasteiger partial charge >= 0.3 is 0 Å². The highest BCUT2D eigenvalue weighted by molar-refractivity contribution is 9.10. The molecule has 1 aliphatic rings. The lowest BCUT2D eigenvalue weighted by Gasteiger charge is -2.30. The van der Waals surface area contributed by atoms with Gasteiger partial charge in [0, 0.05) is 30.3 Å². The fourth-order valence-corrected chi connectivity index (χ4v) is 6.93. The standard InChI is InChI=1S/C35H32BrFN4O5S/c36-30-22-28(10-12-32(30)45-23-25-6-3-7-27(37)20-25)41-34-29-21-26(9-11-31(29)39-24-40-34)35(14-5-17-46-35)13-4-16-44-18-19-47(42,43)33-8-1-2-15-38-33/h1-3,5-12,15,17,20-22,24H,4,13-14,16,18-19,23H2,(H,39,40,41). The molecule has 242 valence electrons. The Morgan fingerprint density at radius 2 is 1.89 bits per heavy atom. The second-order valence-corrected chi connectivity index (χ2v) is 13.9. The van der Waals surface area contributed by atoms with E-state index in [-0.39, 0.29) is 29.8 Å². The number of sulfone groups is 1. The van der Waals surface area contributed by atoms with Crippen LogP contribution < -0.4 is 10.1 Å². The van der Waals surface area contributed by atoms with E-state index in [1.807, 2.05) is 42.5 Å². The molecule has 1 aliphatic heterocycles. The average molecular weight is 720 g/mol. The van der Waals surface area contributed by atoms with Gasteiger partial charge < -0.3 is 19.5 Å². The summed E-state index contributed by atoms with van der Waals surface area (Å²) in [4.78, 5) is 12.9. The molecule has 6 rings (SSSR count). The number of ether oxygens (including phenoxy) is 3. The summed E-state index contributed by atoms with van der Waals surface area (Å²) in [6.45, 7) is 0.716. The fourth-order valence-electron chi connectivity index (χ4n) is 5.38. The third-order valence-corrected chi connectivity index (χ3v) is 10.0. The lowest BCUT2D eigenvalue weighted by atomic mass is 9.86. The first-order chi connectivity index (χ1) is 22.8. The molecule has 0 saturated carbocycles. The van der Waals surface area contributed by atoms with E-state index in [1.165, 1.54) is 30.7 Å². The zero-order valence-electron chi connectivity index (χ0n) is 25.3. The topological polar surface area (TPSA) is 113 Å². The number of benzene rings is 3. The largest absolute Gasteiger partial charge is 0.490 e. The van der Waals surface area contributed by atoms with E-state index < -0.39 is 15.4 Å². The minimum atomic E-state index is -3.49. The van der Waals surface area contributed by atoms with Crippen molar-refractivity contribution in [1.29, 1.82) is 0 Å². The number of hydrogen-bond donors (Lipinski definition) is 1. The van der Waals surface area contributed by atoms with Gasteiger partial charge in [0.15, 0.2) is 14.9 Å². The SMILES string of the molecule is O=S(=O)(CCOCCCC1(c2ccc3ncnc(Nc4ccc(OCc5cccc(F)c5)c(Br)c4)c3c2)CC=CO1)c1ccccn1. The van der Waals surface area contributed by atoms with E-state index in [0.717, 1.165) is 32.2 Å². The fraction of sp³-hybridized carbons (Fsp3) is 0.229. The van der Waals surface area contributed by atoms with Gasteiger partial charge in [-0.15, -0.1) is 0 Å². The zero-order valence-corrected chi connectivity index (χ0v) is 27.7. The maximum Gasteiger partial charge on any atom is 0.197 e. The van der Waals surface area contributed by atoms with Gasteiger partial charge in [-0.1, -0.05) is 24.3 Å². The summed E-state index contributed by atoms with van der Waals surface area (Å²) in [5.74, 6) is 0.829. The number of nitrogens with zero attached hydrogens (tertiary/aromatic N) is 3. The van der Waals surface area contributed by atoms with Gasteiger partial charge in [0.25, 0.3) is 0 Å². The summed E-state index contributed by atoms with van der Waals surface area (Å²) in [6.07, 6.45) is 8.73. The molecule has 0 radical (unpaired) electrons. The van der Waals surface area contributed by atoms with Gasteiger partial charge in [-0.25, -0.2) is 27.8 Å². The molecule has 0 fully saturated rings. The number of pyridine rings is 1. The van der Waals surface area contributed by atoms with E-state index in [2.05, 4.69) is 42.3 Å². The van der Waals surface area contributed by atoms with Crippen LogP contribution in [0.3, 0.4) is 0 Å². The van der Waals surface area contributed by atoms with E-state index in [4.69, 9.17) is 14.2 Å². The lowest BCUT2D eigenvalue weighted by Crippen LogP contribution is -2.25. The minimum absolute atomic E-state index is 0.0541. The van der Waals surface area contributed by atoms with Crippen molar-refractivity contribution in [2.45, 2.75) is 36.5 Å². The predicted molar refractivity (Wildman–Crippen MR) is 181 cm³/mol. The van der Waals surface area contributed by atoms with Crippen LogP contribution in [0, 0.1) is 5.82 Å². The van der Waals surface area contributed by atoms with Gasteiger partial charge in [-0.3, -0.25) is 0 Å². The van der Waals surface area contributed by atoms with Gasteiger partial charge in [-0.2, -0.15) is 0 Å². The molecule has 9 nitrogen and oxygen atoms in total. The smallest absolute Gasteiger partial charge is 0.197 e. The molecule has 12 heteroatoms. The van der Waals surface area contributed by atoms with Crippen molar-refractivity contribution < 1.29 is 27.0 Å². The molecule has 3 heterocycles. The average Bonchev–Trinajstić information content (AvgIpc) is 3.56. The molecular formula is C35H32BrFN4O5S. The van der Waals surface area contributed by atoms with Crippen LogP contribution in [0.1, 0.15) is 30.4 Å². The summed E-state index contributed by atoms with van der Waals surface area (Å²) in [7, 11) is -3.49. The Bertz CT molecular complexity index is 1990. The number of anilines is 2. The molecule has 2 aromatic heterocycles. The van der Waals surface area contributed by atoms with Gasteiger partial charge in [0.2, 0.25) is 0 Å². The molecule has 3 aromatic carbocycles. The second-order valence-electron chi connectivity index (χ2n) is 11.0. The molecule has 0 amide bonds. The van der Waals surface area contributed by atoms with Crippen LogP contribution in [0.15, 0.2) is 113 Å². The quantitative estimate of drug-likeness (QED) is 0.116. The van der Waals surface area contributed by atoms with Crippen LogP contribution in [-0.2, 0) is 31.5 Å². The van der Waals surface area contributed by atoms with Crippen molar-refractivity contribution in [3.8, 4) is 5.75 Å². The third-order valence-electron chi connectivity index (χ3n) is 7.80. The first kappa shape index (κ1) is 32.5. The summed E-state index contributed by atoms with van der Waals surface area (Å²) in [6, 6.07) is 22.8. The number of rotatable bonds is 14.